The molecule has 6 heteroatoms. The van der Waals surface area contributed by atoms with Gasteiger partial charge in [0.05, 0.1) is 16.6 Å². The summed E-state index contributed by atoms with van der Waals surface area (Å²) in [4.78, 5) is 7.45. The fourth-order valence-electron chi connectivity index (χ4n) is 3.67. The van der Waals surface area contributed by atoms with Crippen LogP contribution < -0.4 is 4.74 Å². The fourth-order valence-corrected chi connectivity index (χ4v) is 4.05. The zero-order valence-corrected chi connectivity index (χ0v) is 18.9. The average Bonchev–Trinajstić information content (AvgIpc) is 3.24. The smallest absolute Gasteiger partial charge is 0.149 e. The molecule has 33 heavy (non-hydrogen) atoms. The van der Waals surface area contributed by atoms with Gasteiger partial charge in [-0.25, -0.2) is 9.37 Å². The third-order valence-electron chi connectivity index (χ3n) is 5.30. The monoisotopic (exact) mass is 497 g/mol. The Labute approximate surface area is 198 Å². The first-order valence-electron chi connectivity index (χ1n) is 10.3. The van der Waals surface area contributed by atoms with Gasteiger partial charge in [-0.3, -0.25) is 0 Å². The van der Waals surface area contributed by atoms with E-state index in [0.717, 1.165) is 21.0 Å². The minimum Gasteiger partial charge on any atom is -0.488 e. The van der Waals surface area contributed by atoms with Crippen LogP contribution in [0, 0.1) is 17.1 Å². The summed E-state index contributed by atoms with van der Waals surface area (Å²) >= 11 is 3.49. The minimum atomic E-state index is -0.364. The average molecular weight is 498 g/mol. The first-order chi connectivity index (χ1) is 16.1. The standard InChI is InChI=1S/C27H17BrFN3O/c28-22-7-10-26(33-16-17-5-6-18-3-1-2-4-19(18)11-17)20(13-22)12-21(15-30)27-31-24-9-8-23(29)14-25(24)32-27/h1-14H,16H2,(H,31,32)/b21-12-. The molecule has 160 valence electrons. The molecule has 0 fully saturated rings. The molecule has 4 nitrogen and oxygen atoms in total. The first-order valence-corrected chi connectivity index (χ1v) is 11.1. The van der Waals surface area contributed by atoms with Crippen molar-refractivity contribution in [2.24, 2.45) is 0 Å². The molecule has 5 aromatic rings. The minimum absolute atomic E-state index is 0.320. The van der Waals surface area contributed by atoms with E-state index in [4.69, 9.17) is 4.74 Å². The SMILES string of the molecule is N#C/C(=C/c1cc(Br)ccc1OCc1ccc2ccccc2c1)c1nc2ccc(F)cc2[nH]1. The van der Waals surface area contributed by atoms with E-state index >= 15 is 0 Å². The summed E-state index contributed by atoms with van der Waals surface area (Å²) in [6.45, 7) is 0.388. The highest BCUT2D eigenvalue weighted by Crippen LogP contribution is 2.29. The highest BCUT2D eigenvalue weighted by atomic mass is 79.9. The molecule has 1 heterocycles. The molecule has 1 N–H and O–H groups in total. The van der Waals surface area contributed by atoms with Gasteiger partial charge >= 0.3 is 0 Å². The van der Waals surface area contributed by atoms with Gasteiger partial charge in [-0.05, 0) is 64.9 Å². The maximum Gasteiger partial charge on any atom is 0.149 e. The molecule has 0 radical (unpaired) electrons. The van der Waals surface area contributed by atoms with Crippen LogP contribution in [0.5, 0.6) is 5.75 Å². The Morgan fingerprint density at radius 1 is 1.03 bits per heavy atom. The van der Waals surface area contributed by atoms with Gasteiger partial charge in [0.1, 0.15) is 30.1 Å². The van der Waals surface area contributed by atoms with Crippen LogP contribution in [0.25, 0.3) is 33.5 Å². The van der Waals surface area contributed by atoms with Crippen molar-refractivity contribution in [3.05, 3.63) is 106 Å². The number of allylic oxidation sites excluding steroid dienone is 1. The topological polar surface area (TPSA) is 61.7 Å². The van der Waals surface area contributed by atoms with E-state index in [1.54, 1.807) is 12.1 Å². The van der Waals surface area contributed by atoms with E-state index in [1.807, 2.05) is 36.4 Å². The van der Waals surface area contributed by atoms with Gasteiger partial charge < -0.3 is 9.72 Å². The molecule has 0 bridgehead atoms. The maximum atomic E-state index is 13.5. The van der Waals surface area contributed by atoms with Gasteiger partial charge in [-0.2, -0.15) is 5.26 Å². The maximum absolute atomic E-state index is 13.5. The molecule has 0 amide bonds. The molecule has 0 aliphatic carbocycles. The van der Waals surface area contributed by atoms with Crippen molar-refractivity contribution in [3.8, 4) is 11.8 Å². The number of fused-ring (bicyclic) bond motifs is 2. The van der Waals surface area contributed by atoms with Crippen LogP contribution in [0.2, 0.25) is 0 Å². The van der Waals surface area contributed by atoms with Crippen molar-refractivity contribution >= 4 is 49.4 Å². The van der Waals surface area contributed by atoms with Crippen LogP contribution in [0.3, 0.4) is 0 Å². The number of imidazole rings is 1. The molecule has 4 aromatic carbocycles. The molecule has 1 aromatic heterocycles. The van der Waals surface area contributed by atoms with Crippen molar-refractivity contribution in [2.45, 2.75) is 6.61 Å². The Morgan fingerprint density at radius 3 is 2.73 bits per heavy atom. The number of H-pyrrole nitrogens is 1. The summed E-state index contributed by atoms with van der Waals surface area (Å²) in [6, 6.07) is 26.5. The van der Waals surface area contributed by atoms with Gasteiger partial charge in [-0.1, -0.05) is 52.3 Å². The highest BCUT2D eigenvalue weighted by Gasteiger charge is 2.11. The summed E-state index contributed by atoms with van der Waals surface area (Å²) in [5.74, 6) is 0.649. The second kappa shape index (κ2) is 8.89. The number of nitrogens with zero attached hydrogens (tertiary/aromatic N) is 2. The van der Waals surface area contributed by atoms with Crippen LogP contribution in [-0.4, -0.2) is 9.97 Å². The molecule has 0 aliphatic heterocycles. The van der Waals surface area contributed by atoms with Crippen LogP contribution >= 0.6 is 15.9 Å². The number of aromatic nitrogens is 2. The van der Waals surface area contributed by atoms with E-state index in [2.05, 4.69) is 56.2 Å². The number of rotatable bonds is 5. The Bertz CT molecular complexity index is 1570. The molecule has 0 aliphatic rings. The zero-order valence-electron chi connectivity index (χ0n) is 17.3. The van der Waals surface area contributed by atoms with Crippen LogP contribution in [-0.2, 0) is 6.61 Å². The lowest BCUT2D eigenvalue weighted by molar-refractivity contribution is 0.305. The Hall–Kier alpha value is -3.95. The number of hydrogen-bond donors (Lipinski definition) is 1. The number of nitriles is 1. The fraction of sp³-hybridized carbons (Fsp3) is 0.0370. The largest absolute Gasteiger partial charge is 0.488 e. The zero-order chi connectivity index (χ0) is 22.8. The van der Waals surface area contributed by atoms with Crippen LogP contribution in [0.4, 0.5) is 4.39 Å². The van der Waals surface area contributed by atoms with Crippen molar-refractivity contribution in [2.75, 3.05) is 0 Å². The summed E-state index contributed by atoms with van der Waals surface area (Å²) in [6.07, 6.45) is 1.72. The number of halogens is 2. The van der Waals surface area contributed by atoms with E-state index in [1.165, 1.54) is 17.5 Å². The lowest BCUT2D eigenvalue weighted by Gasteiger charge is -2.11. The van der Waals surface area contributed by atoms with Crippen molar-refractivity contribution in [1.82, 2.24) is 9.97 Å². The Kier molecular flexibility index (Phi) is 5.64. The van der Waals surface area contributed by atoms with Crippen LogP contribution in [0.1, 0.15) is 17.0 Å². The lowest BCUT2D eigenvalue weighted by Crippen LogP contribution is -1.97. The number of hydrogen-bond acceptors (Lipinski definition) is 3. The molecule has 0 unspecified atom stereocenters. The molecule has 0 atom stereocenters. The quantitative estimate of drug-likeness (QED) is 0.260. The third-order valence-corrected chi connectivity index (χ3v) is 5.79. The van der Waals surface area contributed by atoms with Crippen molar-refractivity contribution < 1.29 is 9.13 Å². The predicted octanol–water partition coefficient (Wildman–Crippen LogP) is 7.26. The number of ether oxygens (including phenoxy) is 1. The van der Waals surface area contributed by atoms with Gasteiger partial charge in [0.15, 0.2) is 0 Å². The number of nitrogens with one attached hydrogen (secondary N) is 1. The normalized spacial score (nSPS) is 11.6. The first kappa shape index (κ1) is 20.9. The Balaban J connectivity index is 1.46. The van der Waals surface area contributed by atoms with Gasteiger partial charge in [0.25, 0.3) is 0 Å². The van der Waals surface area contributed by atoms with E-state index in [0.29, 0.717) is 34.8 Å². The summed E-state index contributed by atoms with van der Waals surface area (Å²) < 4.78 is 20.5. The molecule has 0 saturated heterocycles. The lowest BCUT2D eigenvalue weighted by atomic mass is 10.1. The summed E-state index contributed by atoms with van der Waals surface area (Å²) in [7, 11) is 0. The Morgan fingerprint density at radius 2 is 1.88 bits per heavy atom. The highest BCUT2D eigenvalue weighted by molar-refractivity contribution is 9.10. The van der Waals surface area contributed by atoms with Gasteiger partial charge in [0.2, 0.25) is 0 Å². The van der Waals surface area contributed by atoms with E-state index in [-0.39, 0.29) is 5.82 Å². The summed E-state index contributed by atoms with van der Waals surface area (Å²) in [5, 5.41) is 12.1. The van der Waals surface area contributed by atoms with Crippen molar-refractivity contribution in [1.29, 1.82) is 5.26 Å². The van der Waals surface area contributed by atoms with Gasteiger partial charge in [0, 0.05) is 10.0 Å². The molecule has 0 spiro atoms. The number of aromatic amines is 1. The second-order valence-corrected chi connectivity index (χ2v) is 8.48. The van der Waals surface area contributed by atoms with E-state index < -0.39 is 0 Å². The number of benzene rings is 4. The van der Waals surface area contributed by atoms with Crippen molar-refractivity contribution in [3.63, 3.8) is 0 Å². The molecular formula is C27H17BrFN3O. The van der Waals surface area contributed by atoms with Gasteiger partial charge in [-0.15, -0.1) is 0 Å². The molecular weight excluding hydrogens is 481 g/mol. The second-order valence-electron chi connectivity index (χ2n) is 7.57. The summed E-state index contributed by atoms with van der Waals surface area (Å²) in [5.41, 5.74) is 3.22. The van der Waals surface area contributed by atoms with E-state index in [9.17, 15) is 9.65 Å². The third kappa shape index (κ3) is 4.50. The molecule has 5 rings (SSSR count). The molecule has 0 saturated carbocycles. The predicted molar refractivity (Wildman–Crippen MR) is 132 cm³/mol. The van der Waals surface area contributed by atoms with Crippen LogP contribution in [0.15, 0.2) is 83.3 Å².